The average Bonchev–Trinajstić information content (AvgIpc) is 2.80. The Hall–Kier alpha value is -4.38. The van der Waals surface area contributed by atoms with E-state index in [0.717, 1.165) is 0 Å². The molecule has 166 valence electrons. The van der Waals surface area contributed by atoms with E-state index < -0.39 is 41.7 Å². The third-order valence-electron chi connectivity index (χ3n) is 3.98. The molecule has 0 spiro atoms. The summed E-state index contributed by atoms with van der Waals surface area (Å²) in [6.07, 6.45) is 1.05. The predicted molar refractivity (Wildman–Crippen MR) is 110 cm³/mol. The third kappa shape index (κ3) is 7.15. The van der Waals surface area contributed by atoms with Crippen molar-refractivity contribution in [3.8, 4) is 0 Å². The topological polar surface area (TPSA) is 174 Å². The van der Waals surface area contributed by atoms with Crippen LogP contribution in [-0.4, -0.2) is 41.1 Å². The maximum Gasteiger partial charge on any atom is 0.360 e. The number of nitroso groups, excluding NO2 is 1. The van der Waals surface area contributed by atoms with Crippen molar-refractivity contribution in [2.45, 2.75) is 18.5 Å². The Labute approximate surface area is 181 Å². The van der Waals surface area contributed by atoms with E-state index in [0.29, 0.717) is 11.1 Å². The lowest BCUT2D eigenvalue weighted by Crippen LogP contribution is -2.45. The molecule has 4 N–H and O–H groups in total. The molecule has 0 bridgehead atoms. The highest BCUT2D eigenvalue weighted by Crippen LogP contribution is 2.09. The van der Waals surface area contributed by atoms with Gasteiger partial charge in [0.05, 0.1) is 0 Å². The fourth-order valence-electron chi connectivity index (χ4n) is 2.35. The molecule has 0 aromatic heterocycles. The number of hydroxylamine groups is 1. The van der Waals surface area contributed by atoms with Gasteiger partial charge in [0, 0.05) is 6.42 Å². The Morgan fingerprint density at radius 3 is 2.12 bits per heavy atom. The lowest BCUT2D eigenvalue weighted by Gasteiger charge is -2.13. The zero-order valence-corrected chi connectivity index (χ0v) is 16.5. The van der Waals surface area contributed by atoms with Gasteiger partial charge in [-0.2, -0.15) is 0 Å². The molecule has 0 saturated heterocycles. The Morgan fingerprint density at radius 1 is 0.969 bits per heavy atom. The summed E-state index contributed by atoms with van der Waals surface area (Å²) in [6, 6.07) is 13.0. The van der Waals surface area contributed by atoms with Crippen LogP contribution in [0, 0.1) is 4.91 Å². The lowest BCUT2D eigenvalue weighted by atomic mass is 10.1. The number of carbonyl (C=O) groups excluding carboxylic acids is 3. The second-order valence-corrected chi connectivity index (χ2v) is 6.33. The molecule has 2 atom stereocenters. The molecule has 11 nitrogen and oxygen atoms in total. The van der Waals surface area contributed by atoms with Gasteiger partial charge in [0.1, 0.15) is 0 Å². The van der Waals surface area contributed by atoms with Crippen LogP contribution in [0.1, 0.15) is 11.1 Å². The minimum Gasteiger partial charge on any atom is -0.476 e. The minimum absolute atomic E-state index is 0.121. The molecule has 0 saturated carbocycles. The maximum absolute atomic E-state index is 12.0. The number of hydrogen-bond acceptors (Lipinski definition) is 10. The average molecular weight is 441 g/mol. The van der Waals surface area contributed by atoms with Crippen molar-refractivity contribution in [2.75, 3.05) is 0 Å². The van der Waals surface area contributed by atoms with Crippen molar-refractivity contribution in [3.63, 3.8) is 0 Å². The standard InChI is InChI=1S/C21H19N3O8/c22-17(20(28)31-19(27)16(23-30)12-14-9-5-2-6-10-14)21(29)32-24-15(18(25)26)11-13-7-3-1-4-8-13/h1-11,16-17,24H,12,22H2,(H,25,26). The van der Waals surface area contributed by atoms with Crippen LogP contribution in [0.4, 0.5) is 0 Å². The largest absolute Gasteiger partial charge is 0.476 e. The van der Waals surface area contributed by atoms with Gasteiger partial charge in [-0.3, -0.25) is 0 Å². The van der Waals surface area contributed by atoms with Gasteiger partial charge in [-0.15, -0.1) is 4.91 Å². The van der Waals surface area contributed by atoms with Gasteiger partial charge in [0.15, 0.2) is 11.7 Å². The summed E-state index contributed by atoms with van der Waals surface area (Å²) in [5, 5.41) is 11.8. The number of aliphatic carboxylic acids is 1. The summed E-state index contributed by atoms with van der Waals surface area (Å²) < 4.78 is 4.45. The summed E-state index contributed by atoms with van der Waals surface area (Å²) in [7, 11) is 0. The summed E-state index contributed by atoms with van der Waals surface area (Å²) in [6.45, 7) is 0. The number of nitrogens with two attached hydrogens (primary N) is 1. The number of carbonyl (C=O) groups is 4. The van der Waals surface area contributed by atoms with E-state index in [4.69, 9.17) is 5.73 Å². The molecule has 0 amide bonds. The van der Waals surface area contributed by atoms with E-state index in [1.54, 1.807) is 60.7 Å². The molecule has 2 unspecified atom stereocenters. The molecule has 2 aromatic carbocycles. The minimum atomic E-state index is -2.08. The zero-order chi connectivity index (χ0) is 23.5. The normalized spacial score (nSPS) is 12.7. The summed E-state index contributed by atoms with van der Waals surface area (Å²) >= 11 is 0. The van der Waals surface area contributed by atoms with Gasteiger partial charge in [-0.25, -0.2) is 24.7 Å². The second-order valence-electron chi connectivity index (χ2n) is 6.33. The van der Waals surface area contributed by atoms with Gasteiger partial charge < -0.3 is 20.4 Å². The number of benzene rings is 2. The second kappa shape index (κ2) is 11.7. The monoisotopic (exact) mass is 441 g/mol. The quantitative estimate of drug-likeness (QED) is 0.158. The van der Waals surface area contributed by atoms with Crippen LogP contribution in [0.3, 0.4) is 0 Å². The molecular formula is C21H19N3O8. The van der Waals surface area contributed by atoms with Gasteiger partial charge in [0.25, 0.3) is 0 Å². The number of carboxylic acids is 1. The van der Waals surface area contributed by atoms with Crippen LogP contribution in [0.15, 0.2) is 71.5 Å². The molecule has 0 aliphatic rings. The first-order valence-corrected chi connectivity index (χ1v) is 9.16. The zero-order valence-electron chi connectivity index (χ0n) is 16.5. The molecule has 32 heavy (non-hydrogen) atoms. The highest BCUT2D eigenvalue weighted by atomic mass is 16.7. The van der Waals surface area contributed by atoms with Crippen molar-refractivity contribution in [1.82, 2.24) is 5.48 Å². The van der Waals surface area contributed by atoms with E-state index in [1.165, 1.54) is 6.08 Å². The number of hydrogen-bond donors (Lipinski definition) is 3. The molecule has 0 aliphatic carbocycles. The van der Waals surface area contributed by atoms with Crippen LogP contribution in [0.2, 0.25) is 0 Å². The summed E-state index contributed by atoms with van der Waals surface area (Å²) in [4.78, 5) is 62.7. The summed E-state index contributed by atoms with van der Waals surface area (Å²) in [5.41, 5.74) is 7.87. The molecule has 0 aliphatic heterocycles. The van der Waals surface area contributed by atoms with Gasteiger partial charge >= 0.3 is 23.9 Å². The van der Waals surface area contributed by atoms with Crippen LogP contribution in [0.5, 0.6) is 0 Å². The SMILES string of the molecule is NC(C(=O)ONC(=Cc1ccccc1)C(=O)O)C(=O)OC(=O)C(Cc1ccccc1)N=O. The number of nitrogens with zero attached hydrogens (tertiary/aromatic N) is 1. The molecule has 2 aromatic rings. The summed E-state index contributed by atoms with van der Waals surface area (Å²) in [5.74, 6) is -5.65. The van der Waals surface area contributed by atoms with Gasteiger partial charge in [-0.05, 0) is 17.2 Å². The number of rotatable bonds is 10. The Morgan fingerprint density at radius 2 is 1.56 bits per heavy atom. The highest BCUT2D eigenvalue weighted by Gasteiger charge is 2.32. The first-order chi connectivity index (χ1) is 15.3. The van der Waals surface area contributed by atoms with Crippen molar-refractivity contribution in [2.24, 2.45) is 10.9 Å². The molecular weight excluding hydrogens is 422 g/mol. The van der Waals surface area contributed by atoms with E-state index in [1.807, 2.05) is 5.48 Å². The number of esters is 2. The van der Waals surface area contributed by atoms with E-state index in [9.17, 15) is 29.2 Å². The van der Waals surface area contributed by atoms with Crippen molar-refractivity contribution in [3.05, 3.63) is 82.4 Å². The molecule has 0 fully saturated rings. The van der Waals surface area contributed by atoms with Crippen molar-refractivity contribution < 1.29 is 33.9 Å². The lowest BCUT2D eigenvalue weighted by molar-refractivity contribution is -0.166. The van der Waals surface area contributed by atoms with Crippen LogP contribution in [-0.2, 0) is 35.2 Å². The van der Waals surface area contributed by atoms with E-state index >= 15 is 0 Å². The molecule has 2 rings (SSSR count). The third-order valence-corrected chi connectivity index (χ3v) is 3.98. The first kappa shape index (κ1) is 23.9. The fourth-order valence-corrected chi connectivity index (χ4v) is 2.35. The molecule has 0 radical (unpaired) electrons. The number of ether oxygens (including phenoxy) is 1. The van der Waals surface area contributed by atoms with Gasteiger partial charge in [-0.1, -0.05) is 65.8 Å². The maximum atomic E-state index is 12.0. The molecule has 0 heterocycles. The Bertz CT molecular complexity index is 1010. The smallest absolute Gasteiger partial charge is 0.360 e. The van der Waals surface area contributed by atoms with Crippen LogP contribution < -0.4 is 11.2 Å². The van der Waals surface area contributed by atoms with Crippen LogP contribution >= 0.6 is 0 Å². The first-order valence-electron chi connectivity index (χ1n) is 9.16. The Balaban J connectivity index is 1.93. The predicted octanol–water partition coefficient (Wildman–Crippen LogP) is 0.935. The molecule has 11 heteroatoms. The number of nitrogens with one attached hydrogen (secondary N) is 1. The van der Waals surface area contributed by atoms with Crippen molar-refractivity contribution >= 4 is 30.0 Å². The van der Waals surface area contributed by atoms with Gasteiger partial charge in [0.2, 0.25) is 6.04 Å². The Kier molecular flexibility index (Phi) is 8.75. The van der Waals surface area contributed by atoms with E-state index in [2.05, 4.69) is 14.8 Å². The number of carboxylic acid groups (broad SMARTS) is 1. The van der Waals surface area contributed by atoms with Crippen LogP contribution in [0.25, 0.3) is 6.08 Å². The fraction of sp³-hybridized carbons (Fsp3) is 0.143. The highest BCUT2D eigenvalue weighted by molar-refractivity contribution is 6.03. The van der Waals surface area contributed by atoms with E-state index in [-0.39, 0.29) is 6.42 Å². The van der Waals surface area contributed by atoms with Crippen molar-refractivity contribution in [1.29, 1.82) is 0 Å².